The summed E-state index contributed by atoms with van der Waals surface area (Å²) in [7, 11) is 0. The normalized spacial score (nSPS) is 20.1. The number of rotatable bonds is 5. The van der Waals surface area contributed by atoms with Gasteiger partial charge in [-0.2, -0.15) is 0 Å². The van der Waals surface area contributed by atoms with Gasteiger partial charge in [0.05, 0.1) is 36.2 Å². The van der Waals surface area contributed by atoms with Crippen LogP contribution in [0.25, 0.3) is 22.3 Å². The summed E-state index contributed by atoms with van der Waals surface area (Å²) in [4.78, 5) is 22.3. The van der Waals surface area contributed by atoms with E-state index in [9.17, 15) is 4.39 Å². The highest BCUT2D eigenvalue weighted by molar-refractivity contribution is 5.83. The number of ether oxygens (including phenoxy) is 1. The molecule has 11 heteroatoms. The van der Waals surface area contributed by atoms with E-state index in [-0.39, 0.29) is 23.2 Å². The maximum absolute atomic E-state index is 15.1. The van der Waals surface area contributed by atoms with E-state index >= 15 is 4.39 Å². The van der Waals surface area contributed by atoms with Gasteiger partial charge in [-0.1, -0.05) is 0 Å². The van der Waals surface area contributed by atoms with Gasteiger partial charge < -0.3 is 19.5 Å². The van der Waals surface area contributed by atoms with Crippen LogP contribution in [0.2, 0.25) is 0 Å². The van der Waals surface area contributed by atoms with Crippen molar-refractivity contribution in [3.63, 3.8) is 0 Å². The number of hydrogen-bond donors (Lipinski definition) is 1. The van der Waals surface area contributed by atoms with E-state index in [0.29, 0.717) is 35.9 Å². The molecule has 1 saturated heterocycles. The Morgan fingerprint density at radius 2 is 1.82 bits per heavy atom. The van der Waals surface area contributed by atoms with Gasteiger partial charge in [-0.05, 0) is 44.0 Å². The largest absolute Gasteiger partial charge is 0.371 e. The SMILES string of the molecule is CC1COCc2nc3c(F)cc(-c4nc(Nc5ccc(N6CCN(C7CC7)CC6)cn5)ncc4F)cc3n21. The average Bonchev–Trinajstić information content (AvgIpc) is 3.71. The molecule has 0 bridgehead atoms. The van der Waals surface area contributed by atoms with E-state index in [1.54, 1.807) is 6.07 Å². The second-order valence-electron chi connectivity index (χ2n) is 10.3. The van der Waals surface area contributed by atoms with Gasteiger partial charge in [0, 0.05) is 37.8 Å². The summed E-state index contributed by atoms with van der Waals surface area (Å²) >= 11 is 0. The predicted octanol–water partition coefficient (Wildman–Crippen LogP) is 4.29. The van der Waals surface area contributed by atoms with Crippen LogP contribution in [-0.4, -0.2) is 68.2 Å². The molecule has 2 fully saturated rings. The zero-order valence-corrected chi connectivity index (χ0v) is 21.1. The highest BCUT2D eigenvalue weighted by Crippen LogP contribution is 2.32. The monoisotopic (exact) mass is 518 g/mol. The van der Waals surface area contributed by atoms with Gasteiger partial charge in [-0.3, -0.25) is 4.90 Å². The summed E-state index contributed by atoms with van der Waals surface area (Å²) in [5.41, 5.74) is 2.22. The number of fused-ring (bicyclic) bond motifs is 3. The van der Waals surface area contributed by atoms with E-state index in [1.807, 2.05) is 29.8 Å². The molecular formula is C27H28F2N8O. The first-order chi connectivity index (χ1) is 18.5. The van der Waals surface area contributed by atoms with Crippen LogP contribution in [0.5, 0.6) is 0 Å². The molecule has 1 unspecified atom stereocenters. The lowest BCUT2D eigenvalue weighted by atomic mass is 10.1. The summed E-state index contributed by atoms with van der Waals surface area (Å²) in [5, 5.41) is 3.05. The van der Waals surface area contributed by atoms with Gasteiger partial charge >= 0.3 is 0 Å². The van der Waals surface area contributed by atoms with Crippen LogP contribution in [-0.2, 0) is 11.3 Å². The fourth-order valence-corrected chi connectivity index (χ4v) is 5.50. The van der Waals surface area contributed by atoms with Crippen molar-refractivity contribution >= 4 is 28.5 Å². The molecular weight excluding hydrogens is 490 g/mol. The molecule has 1 N–H and O–H groups in total. The molecule has 3 aliphatic rings. The molecule has 0 radical (unpaired) electrons. The zero-order valence-electron chi connectivity index (χ0n) is 21.1. The lowest BCUT2D eigenvalue weighted by Gasteiger charge is -2.36. The summed E-state index contributed by atoms with van der Waals surface area (Å²) < 4.78 is 37.4. The molecule has 2 aliphatic heterocycles. The Kier molecular flexibility index (Phi) is 5.70. The zero-order chi connectivity index (χ0) is 25.8. The van der Waals surface area contributed by atoms with Crippen molar-refractivity contribution in [1.82, 2.24) is 29.4 Å². The van der Waals surface area contributed by atoms with Crippen molar-refractivity contribution in [2.75, 3.05) is 43.0 Å². The summed E-state index contributed by atoms with van der Waals surface area (Å²) in [6.45, 7) is 6.93. The molecule has 0 spiro atoms. The molecule has 5 heterocycles. The molecule has 0 amide bonds. The Hall–Kier alpha value is -3.70. The Balaban J connectivity index is 1.12. The molecule has 3 aromatic heterocycles. The summed E-state index contributed by atoms with van der Waals surface area (Å²) in [6, 6.07) is 7.65. The van der Waals surface area contributed by atoms with E-state index in [0.717, 1.165) is 44.1 Å². The second-order valence-corrected chi connectivity index (χ2v) is 10.3. The van der Waals surface area contributed by atoms with Crippen molar-refractivity contribution in [2.24, 2.45) is 0 Å². The Labute approximate surface area is 218 Å². The van der Waals surface area contributed by atoms with Crippen molar-refractivity contribution < 1.29 is 13.5 Å². The molecule has 4 aromatic rings. The molecule has 1 aromatic carbocycles. The molecule has 196 valence electrons. The van der Waals surface area contributed by atoms with Crippen LogP contribution in [0.3, 0.4) is 0 Å². The Morgan fingerprint density at radius 1 is 0.974 bits per heavy atom. The third-order valence-electron chi connectivity index (χ3n) is 7.60. The second kappa shape index (κ2) is 9.25. The molecule has 9 nitrogen and oxygen atoms in total. The number of pyridine rings is 1. The quantitative estimate of drug-likeness (QED) is 0.419. The van der Waals surface area contributed by atoms with Crippen LogP contribution in [0.15, 0.2) is 36.7 Å². The van der Waals surface area contributed by atoms with Crippen molar-refractivity contribution in [1.29, 1.82) is 0 Å². The Bertz CT molecular complexity index is 1500. The first-order valence-corrected chi connectivity index (χ1v) is 13.1. The number of nitrogens with zero attached hydrogens (tertiary/aromatic N) is 7. The van der Waals surface area contributed by atoms with E-state index in [4.69, 9.17) is 4.74 Å². The van der Waals surface area contributed by atoms with E-state index in [1.165, 1.54) is 18.9 Å². The molecule has 38 heavy (non-hydrogen) atoms. The lowest BCUT2D eigenvalue weighted by Crippen LogP contribution is -2.47. The summed E-state index contributed by atoms with van der Waals surface area (Å²) in [6.07, 6.45) is 5.58. The lowest BCUT2D eigenvalue weighted by molar-refractivity contribution is 0.0621. The molecule has 1 saturated carbocycles. The number of imidazole rings is 1. The Morgan fingerprint density at radius 3 is 2.58 bits per heavy atom. The van der Waals surface area contributed by atoms with Crippen molar-refractivity contribution in [3.8, 4) is 11.3 Å². The van der Waals surface area contributed by atoms with E-state index < -0.39 is 11.6 Å². The summed E-state index contributed by atoms with van der Waals surface area (Å²) in [5.74, 6) is 0.201. The number of nitrogens with one attached hydrogen (secondary N) is 1. The minimum Gasteiger partial charge on any atom is -0.371 e. The number of aromatic nitrogens is 5. The highest BCUT2D eigenvalue weighted by Gasteiger charge is 2.31. The highest BCUT2D eigenvalue weighted by atomic mass is 19.1. The van der Waals surface area contributed by atoms with E-state index in [2.05, 4.69) is 35.1 Å². The third kappa shape index (κ3) is 4.25. The first-order valence-electron chi connectivity index (χ1n) is 13.1. The minimum absolute atomic E-state index is 0.00344. The van der Waals surface area contributed by atoms with Gasteiger partial charge in [0.2, 0.25) is 5.95 Å². The van der Waals surface area contributed by atoms with Crippen LogP contribution in [0.1, 0.15) is 31.6 Å². The van der Waals surface area contributed by atoms with Crippen molar-refractivity contribution in [2.45, 2.75) is 38.5 Å². The fraction of sp³-hybridized carbons (Fsp3) is 0.407. The maximum Gasteiger partial charge on any atom is 0.229 e. The van der Waals surface area contributed by atoms with Crippen molar-refractivity contribution in [3.05, 3.63) is 54.1 Å². The van der Waals surface area contributed by atoms with Gasteiger partial charge in [0.1, 0.15) is 29.5 Å². The topological polar surface area (TPSA) is 84.2 Å². The van der Waals surface area contributed by atoms with Gasteiger partial charge in [-0.25, -0.2) is 28.7 Å². The molecule has 1 atom stereocenters. The van der Waals surface area contributed by atoms with Crippen LogP contribution < -0.4 is 10.2 Å². The van der Waals surface area contributed by atoms with Gasteiger partial charge in [-0.15, -0.1) is 0 Å². The molecule has 7 rings (SSSR count). The number of benzene rings is 1. The smallest absolute Gasteiger partial charge is 0.229 e. The minimum atomic E-state index is -0.641. The van der Waals surface area contributed by atoms with Crippen LogP contribution >= 0.6 is 0 Å². The predicted molar refractivity (Wildman–Crippen MR) is 139 cm³/mol. The number of halogens is 2. The first kappa shape index (κ1) is 23.4. The third-order valence-corrected chi connectivity index (χ3v) is 7.60. The fourth-order valence-electron chi connectivity index (χ4n) is 5.50. The molecule has 1 aliphatic carbocycles. The number of piperazine rings is 1. The average molecular weight is 519 g/mol. The van der Waals surface area contributed by atoms with Gasteiger partial charge in [0.25, 0.3) is 0 Å². The standard InChI is InChI=1S/C27H28F2N8O/c1-16-14-38-15-24-33-26-20(28)10-17(11-22(26)37(16)24)25-21(29)13-31-27(34-25)32-23-5-4-19(12-30-23)36-8-6-35(7-9-36)18-2-3-18/h4-5,10-13,16,18H,2-3,6-9,14-15H2,1H3,(H,30,31,32,34). The van der Waals surface area contributed by atoms with Crippen LogP contribution in [0, 0.1) is 11.6 Å². The maximum atomic E-state index is 15.1. The number of anilines is 3. The van der Waals surface area contributed by atoms with Crippen LogP contribution in [0.4, 0.5) is 26.2 Å². The number of hydrogen-bond acceptors (Lipinski definition) is 8. The van der Waals surface area contributed by atoms with Gasteiger partial charge in [0.15, 0.2) is 11.6 Å².